The lowest BCUT2D eigenvalue weighted by Gasteiger charge is -2.18. The number of unbranched alkanes of at least 4 members (excludes halogenated alkanes) is 31. The minimum absolute atomic E-state index is 0.111. The molecule has 1 unspecified atom stereocenters. The molecule has 0 rings (SSSR count). The lowest BCUT2D eigenvalue weighted by molar-refractivity contribution is -0.166. The number of allylic oxidation sites excluding steroid dienone is 20. The monoisotopic (exact) mass is 1140 g/mol. The highest BCUT2D eigenvalue weighted by molar-refractivity contribution is 5.71. The fraction of sp³-hybridized carbons (Fsp3) is 0.697. The molecule has 1 atom stereocenters. The van der Waals surface area contributed by atoms with Gasteiger partial charge in [-0.25, -0.2) is 0 Å². The van der Waals surface area contributed by atoms with Crippen molar-refractivity contribution < 1.29 is 28.6 Å². The van der Waals surface area contributed by atoms with E-state index in [2.05, 4.69) is 136 Å². The number of hydrogen-bond acceptors (Lipinski definition) is 6. The molecule has 0 aliphatic heterocycles. The second-order valence-electron chi connectivity index (χ2n) is 22.7. The molecule has 0 saturated carbocycles. The molecule has 6 nitrogen and oxygen atoms in total. The molecule has 0 heterocycles. The molecule has 0 spiro atoms. The van der Waals surface area contributed by atoms with Crippen molar-refractivity contribution in [2.24, 2.45) is 0 Å². The van der Waals surface area contributed by atoms with Crippen molar-refractivity contribution in [1.82, 2.24) is 0 Å². The quantitative estimate of drug-likeness (QED) is 0.0261. The fourth-order valence-electron chi connectivity index (χ4n) is 9.53. The van der Waals surface area contributed by atoms with Crippen molar-refractivity contribution in [2.45, 2.75) is 329 Å². The second kappa shape index (κ2) is 69.3. The van der Waals surface area contributed by atoms with Gasteiger partial charge in [0.15, 0.2) is 6.10 Å². The van der Waals surface area contributed by atoms with Crippen LogP contribution >= 0.6 is 0 Å². The van der Waals surface area contributed by atoms with E-state index in [-0.39, 0.29) is 31.6 Å². The maximum absolute atomic E-state index is 12.9. The van der Waals surface area contributed by atoms with Gasteiger partial charge in [-0.3, -0.25) is 14.4 Å². The van der Waals surface area contributed by atoms with Crippen LogP contribution in [0.3, 0.4) is 0 Å². The lowest BCUT2D eigenvalue weighted by atomic mass is 10.0. The molecule has 468 valence electrons. The highest BCUT2D eigenvalue weighted by Crippen LogP contribution is 2.17. The van der Waals surface area contributed by atoms with E-state index < -0.39 is 12.1 Å². The minimum Gasteiger partial charge on any atom is -0.462 e. The SMILES string of the molecule is CC/C=C\C/C=C\C/C=C\C/C=C\C/C=C\C/C=C\CCC(=O)OC(COC(=O)CCCCCCC/C=C\CCCCC)COC(=O)CCCCCCCCCCCCCCCCCCCC/C=C\C/C=C\C/C=C\CCCCCCC. The van der Waals surface area contributed by atoms with Crippen LogP contribution in [0.2, 0.25) is 0 Å². The molecule has 6 heteroatoms. The number of esters is 3. The van der Waals surface area contributed by atoms with Crippen molar-refractivity contribution in [3.8, 4) is 0 Å². The Bertz CT molecular complexity index is 1690. The van der Waals surface area contributed by atoms with Gasteiger partial charge < -0.3 is 14.2 Å². The van der Waals surface area contributed by atoms with E-state index in [0.29, 0.717) is 19.3 Å². The van der Waals surface area contributed by atoms with Gasteiger partial charge in [0, 0.05) is 19.3 Å². The zero-order valence-corrected chi connectivity index (χ0v) is 53.7. The van der Waals surface area contributed by atoms with E-state index in [1.165, 1.54) is 173 Å². The topological polar surface area (TPSA) is 78.9 Å². The molecule has 0 bridgehead atoms. The van der Waals surface area contributed by atoms with Gasteiger partial charge >= 0.3 is 17.9 Å². The molecule has 0 amide bonds. The zero-order chi connectivity index (χ0) is 59.2. The van der Waals surface area contributed by atoms with E-state index in [1.54, 1.807) is 0 Å². The van der Waals surface area contributed by atoms with Gasteiger partial charge in [-0.05, 0) is 122 Å². The van der Waals surface area contributed by atoms with Crippen LogP contribution < -0.4 is 0 Å². The van der Waals surface area contributed by atoms with Crippen molar-refractivity contribution >= 4 is 17.9 Å². The summed E-state index contributed by atoms with van der Waals surface area (Å²) in [6.07, 6.45) is 96.8. The van der Waals surface area contributed by atoms with Gasteiger partial charge in [0.2, 0.25) is 0 Å². The molecule has 0 aromatic rings. The average Bonchev–Trinajstić information content (AvgIpc) is 3.47. The highest BCUT2D eigenvalue weighted by Gasteiger charge is 2.19. The van der Waals surface area contributed by atoms with Crippen molar-refractivity contribution in [2.75, 3.05) is 13.2 Å². The van der Waals surface area contributed by atoms with E-state index in [4.69, 9.17) is 14.2 Å². The van der Waals surface area contributed by atoms with Crippen LogP contribution in [-0.4, -0.2) is 37.2 Å². The smallest absolute Gasteiger partial charge is 0.306 e. The van der Waals surface area contributed by atoms with Crippen LogP contribution in [0, 0.1) is 0 Å². The van der Waals surface area contributed by atoms with E-state index in [1.807, 2.05) is 6.08 Å². The Morgan fingerprint density at radius 3 is 0.829 bits per heavy atom. The van der Waals surface area contributed by atoms with E-state index in [9.17, 15) is 14.4 Å². The zero-order valence-electron chi connectivity index (χ0n) is 53.7. The maximum atomic E-state index is 12.9. The van der Waals surface area contributed by atoms with E-state index in [0.717, 1.165) is 103 Å². The predicted octanol–water partition coefficient (Wildman–Crippen LogP) is 23.9. The van der Waals surface area contributed by atoms with E-state index >= 15 is 0 Å². The number of carbonyl (C=O) groups excluding carboxylic acids is 3. The Hall–Kier alpha value is -4.19. The van der Waals surface area contributed by atoms with Gasteiger partial charge in [-0.1, -0.05) is 303 Å². The minimum atomic E-state index is -0.824. The molecule has 0 aliphatic carbocycles. The molecule has 0 radical (unpaired) electrons. The van der Waals surface area contributed by atoms with Crippen molar-refractivity contribution in [3.05, 3.63) is 122 Å². The first-order chi connectivity index (χ1) is 40.5. The Kier molecular flexibility index (Phi) is 65.8. The third kappa shape index (κ3) is 66.6. The standard InChI is InChI=1S/C76H128O6/c1-4-7-10-13-16-19-22-25-27-29-31-32-33-34-35-36-37-38-39-40-41-42-43-44-46-47-49-51-54-57-60-63-66-69-75(78)81-72-73(71-80-74(77)68-65-62-59-56-53-24-21-18-15-12-9-6-3)82-76(79)70-67-64-61-58-55-52-50-48-45-30-28-26-23-20-17-14-11-8-5-2/h8,11,17-18,20-22,25-26,28-29,31,33-34,45,48,52,55,61,64,73H,4-7,9-10,12-16,19,23-24,27,30,32,35-44,46-47,49-51,53-54,56-60,62-63,65-72H2,1-3H3/b11-8-,20-17-,21-18-,25-22-,28-26-,31-29-,34-33-,48-45-,55-52-,64-61-. The first kappa shape index (κ1) is 77.8. The summed E-state index contributed by atoms with van der Waals surface area (Å²) in [7, 11) is 0. The first-order valence-electron chi connectivity index (χ1n) is 34.5. The third-order valence-corrected chi connectivity index (χ3v) is 14.7. The molecule has 0 fully saturated rings. The third-order valence-electron chi connectivity index (χ3n) is 14.7. The van der Waals surface area contributed by atoms with Crippen LogP contribution in [0.4, 0.5) is 0 Å². The molecule has 0 aromatic carbocycles. The summed E-state index contributed by atoms with van der Waals surface area (Å²) in [5.74, 6) is -0.998. The molecular weight excluding hydrogens is 1010 g/mol. The first-order valence-corrected chi connectivity index (χ1v) is 34.5. The van der Waals surface area contributed by atoms with Gasteiger partial charge in [-0.15, -0.1) is 0 Å². The summed E-state index contributed by atoms with van der Waals surface area (Å²) in [5, 5.41) is 0. The van der Waals surface area contributed by atoms with Gasteiger partial charge in [0.05, 0.1) is 0 Å². The molecule has 0 N–H and O–H groups in total. The molecule has 0 saturated heterocycles. The van der Waals surface area contributed by atoms with Gasteiger partial charge in [0.25, 0.3) is 0 Å². The summed E-state index contributed by atoms with van der Waals surface area (Å²) >= 11 is 0. The number of rotatable bonds is 62. The lowest BCUT2D eigenvalue weighted by Crippen LogP contribution is -2.30. The van der Waals surface area contributed by atoms with Crippen LogP contribution in [0.1, 0.15) is 323 Å². The maximum Gasteiger partial charge on any atom is 0.306 e. The average molecular weight is 1140 g/mol. The summed E-state index contributed by atoms with van der Waals surface area (Å²) < 4.78 is 16.8. The molecule has 82 heavy (non-hydrogen) atoms. The second-order valence-corrected chi connectivity index (χ2v) is 22.7. The van der Waals surface area contributed by atoms with Crippen LogP contribution in [0.25, 0.3) is 0 Å². The van der Waals surface area contributed by atoms with Crippen LogP contribution in [0.15, 0.2) is 122 Å². The summed E-state index contributed by atoms with van der Waals surface area (Å²) in [5.41, 5.74) is 0. The Morgan fingerprint density at radius 2 is 0.500 bits per heavy atom. The largest absolute Gasteiger partial charge is 0.462 e. The Morgan fingerprint density at radius 1 is 0.256 bits per heavy atom. The number of carbonyl (C=O) groups is 3. The van der Waals surface area contributed by atoms with Gasteiger partial charge in [-0.2, -0.15) is 0 Å². The van der Waals surface area contributed by atoms with Crippen LogP contribution in [0.5, 0.6) is 0 Å². The summed E-state index contributed by atoms with van der Waals surface area (Å²) in [6, 6.07) is 0. The van der Waals surface area contributed by atoms with Crippen molar-refractivity contribution in [1.29, 1.82) is 0 Å². The van der Waals surface area contributed by atoms with Gasteiger partial charge in [0.1, 0.15) is 13.2 Å². The number of ether oxygens (including phenoxy) is 3. The normalized spacial score (nSPS) is 12.9. The fourth-order valence-corrected chi connectivity index (χ4v) is 9.53. The predicted molar refractivity (Wildman–Crippen MR) is 357 cm³/mol. The number of hydrogen-bond donors (Lipinski definition) is 0. The summed E-state index contributed by atoms with van der Waals surface area (Å²) in [4.78, 5) is 38.3. The molecule has 0 aromatic heterocycles. The molecule has 0 aliphatic rings. The van der Waals surface area contributed by atoms with Crippen LogP contribution in [-0.2, 0) is 28.6 Å². The highest BCUT2D eigenvalue weighted by atomic mass is 16.6. The Balaban J connectivity index is 4.24. The molecular formula is C76H128O6. The van der Waals surface area contributed by atoms with Crippen molar-refractivity contribution in [3.63, 3.8) is 0 Å². The Labute approximate surface area is 507 Å². The summed E-state index contributed by atoms with van der Waals surface area (Å²) in [6.45, 7) is 6.44.